The van der Waals surface area contributed by atoms with Crippen LogP contribution in [0.15, 0.2) is 22.7 Å². The number of carbonyl (C=O) groups excluding carboxylic acids is 1. The van der Waals surface area contributed by atoms with E-state index >= 15 is 0 Å². The van der Waals surface area contributed by atoms with E-state index in [1.807, 2.05) is 12.1 Å². The second-order valence-electron chi connectivity index (χ2n) is 2.73. The molecule has 0 spiro atoms. The Morgan fingerprint density at radius 2 is 2.25 bits per heavy atom. The fraction of sp³-hybridized carbons (Fsp3) is 0.300. The molecular formula is C10H11BrO. The molecule has 0 aliphatic carbocycles. The molecule has 1 aromatic carbocycles. The lowest BCUT2D eigenvalue weighted by atomic mass is 10.0. The van der Waals surface area contributed by atoms with Gasteiger partial charge in [0.1, 0.15) is 6.29 Å². The van der Waals surface area contributed by atoms with Crippen molar-refractivity contribution in [3.05, 3.63) is 33.8 Å². The van der Waals surface area contributed by atoms with Crippen LogP contribution < -0.4 is 0 Å². The molecule has 0 bridgehead atoms. The molecule has 0 N–H and O–H groups in total. The average molecular weight is 227 g/mol. The van der Waals surface area contributed by atoms with Crippen molar-refractivity contribution < 1.29 is 4.79 Å². The van der Waals surface area contributed by atoms with E-state index in [2.05, 4.69) is 28.9 Å². The van der Waals surface area contributed by atoms with Crippen molar-refractivity contribution in [3.8, 4) is 0 Å². The Morgan fingerprint density at radius 1 is 1.50 bits per heavy atom. The van der Waals surface area contributed by atoms with Crippen molar-refractivity contribution in [1.29, 1.82) is 0 Å². The Labute approximate surface area is 80.9 Å². The zero-order valence-electron chi connectivity index (χ0n) is 7.01. The van der Waals surface area contributed by atoms with Crippen LogP contribution >= 0.6 is 15.9 Å². The van der Waals surface area contributed by atoms with Crippen molar-refractivity contribution in [2.45, 2.75) is 19.8 Å². The van der Waals surface area contributed by atoms with Crippen molar-refractivity contribution >= 4 is 22.2 Å². The van der Waals surface area contributed by atoms with Crippen LogP contribution in [0.5, 0.6) is 0 Å². The van der Waals surface area contributed by atoms with Gasteiger partial charge in [-0.05, 0) is 30.5 Å². The van der Waals surface area contributed by atoms with Gasteiger partial charge >= 0.3 is 0 Å². The van der Waals surface area contributed by atoms with Gasteiger partial charge in [0.2, 0.25) is 0 Å². The SMILES string of the molecule is Cc1c(Br)cccc1CCC=O. The lowest BCUT2D eigenvalue weighted by Crippen LogP contribution is -1.90. The van der Waals surface area contributed by atoms with Gasteiger partial charge in [-0.15, -0.1) is 0 Å². The van der Waals surface area contributed by atoms with Crippen molar-refractivity contribution in [2.24, 2.45) is 0 Å². The van der Waals surface area contributed by atoms with Crippen LogP contribution in [-0.2, 0) is 11.2 Å². The third-order valence-corrected chi connectivity index (χ3v) is 2.77. The smallest absolute Gasteiger partial charge is 0.120 e. The third-order valence-electron chi connectivity index (χ3n) is 1.91. The number of aldehydes is 1. The topological polar surface area (TPSA) is 17.1 Å². The second-order valence-corrected chi connectivity index (χ2v) is 3.58. The molecule has 0 aliphatic heterocycles. The number of benzene rings is 1. The average Bonchev–Trinajstić information content (AvgIpc) is 2.08. The number of rotatable bonds is 3. The number of hydrogen-bond donors (Lipinski definition) is 0. The fourth-order valence-electron chi connectivity index (χ4n) is 1.14. The van der Waals surface area contributed by atoms with Gasteiger partial charge in [-0.2, -0.15) is 0 Å². The summed E-state index contributed by atoms with van der Waals surface area (Å²) in [4.78, 5) is 10.2. The Kier molecular flexibility index (Phi) is 3.48. The van der Waals surface area contributed by atoms with Gasteiger partial charge < -0.3 is 4.79 Å². The van der Waals surface area contributed by atoms with Gasteiger partial charge in [0.15, 0.2) is 0 Å². The van der Waals surface area contributed by atoms with Crippen LogP contribution in [0.1, 0.15) is 17.5 Å². The van der Waals surface area contributed by atoms with Gasteiger partial charge in [0.25, 0.3) is 0 Å². The van der Waals surface area contributed by atoms with Gasteiger partial charge in [-0.1, -0.05) is 28.1 Å². The van der Waals surface area contributed by atoms with Crippen LogP contribution in [0, 0.1) is 6.92 Å². The maximum absolute atomic E-state index is 10.2. The highest BCUT2D eigenvalue weighted by atomic mass is 79.9. The molecule has 0 radical (unpaired) electrons. The summed E-state index contributed by atoms with van der Waals surface area (Å²) in [5, 5.41) is 0. The van der Waals surface area contributed by atoms with E-state index < -0.39 is 0 Å². The molecule has 0 atom stereocenters. The summed E-state index contributed by atoms with van der Waals surface area (Å²) in [5.74, 6) is 0. The molecule has 0 heterocycles. The number of halogens is 1. The Hall–Kier alpha value is -0.630. The first-order chi connectivity index (χ1) is 5.75. The lowest BCUT2D eigenvalue weighted by Gasteiger charge is -2.04. The second kappa shape index (κ2) is 4.41. The quantitative estimate of drug-likeness (QED) is 0.725. The Bertz CT molecular complexity index is 281. The maximum Gasteiger partial charge on any atom is 0.120 e. The van der Waals surface area contributed by atoms with Gasteiger partial charge in [-0.3, -0.25) is 0 Å². The molecule has 0 saturated carbocycles. The predicted molar refractivity (Wildman–Crippen MR) is 53.3 cm³/mol. The molecule has 12 heavy (non-hydrogen) atoms. The van der Waals surface area contributed by atoms with E-state index in [-0.39, 0.29) is 0 Å². The van der Waals surface area contributed by atoms with E-state index in [9.17, 15) is 4.79 Å². The molecular weight excluding hydrogens is 216 g/mol. The van der Waals surface area contributed by atoms with Crippen molar-refractivity contribution in [2.75, 3.05) is 0 Å². The fourth-order valence-corrected chi connectivity index (χ4v) is 1.54. The molecule has 0 aliphatic rings. The standard InChI is InChI=1S/C10H11BrO/c1-8-9(5-3-7-12)4-2-6-10(8)11/h2,4,6-7H,3,5H2,1H3. The summed E-state index contributed by atoms with van der Waals surface area (Å²) >= 11 is 3.45. The predicted octanol–water partition coefficient (Wildman–Crippen LogP) is 2.89. The summed E-state index contributed by atoms with van der Waals surface area (Å²) in [7, 11) is 0. The highest BCUT2D eigenvalue weighted by molar-refractivity contribution is 9.10. The lowest BCUT2D eigenvalue weighted by molar-refractivity contribution is -0.107. The molecule has 1 rings (SSSR count). The molecule has 0 fully saturated rings. The number of aryl methyl sites for hydroxylation is 1. The molecule has 0 unspecified atom stereocenters. The van der Waals surface area contributed by atoms with Gasteiger partial charge in [-0.25, -0.2) is 0 Å². The van der Waals surface area contributed by atoms with E-state index in [4.69, 9.17) is 0 Å². The Balaban J connectivity index is 2.84. The number of carbonyl (C=O) groups is 1. The monoisotopic (exact) mass is 226 g/mol. The van der Waals surface area contributed by atoms with Crippen LogP contribution in [0.4, 0.5) is 0 Å². The van der Waals surface area contributed by atoms with E-state index in [0.29, 0.717) is 6.42 Å². The van der Waals surface area contributed by atoms with Crippen LogP contribution in [0.25, 0.3) is 0 Å². The summed E-state index contributed by atoms with van der Waals surface area (Å²) < 4.78 is 1.12. The van der Waals surface area contributed by atoms with Gasteiger partial charge in [0.05, 0.1) is 0 Å². The molecule has 1 aromatic rings. The summed E-state index contributed by atoms with van der Waals surface area (Å²) in [6, 6.07) is 6.07. The van der Waals surface area contributed by atoms with Crippen LogP contribution in [0.3, 0.4) is 0 Å². The van der Waals surface area contributed by atoms with Crippen molar-refractivity contribution in [1.82, 2.24) is 0 Å². The van der Waals surface area contributed by atoms with Crippen molar-refractivity contribution in [3.63, 3.8) is 0 Å². The summed E-state index contributed by atoms with van der Waals surface area (Å²) in [6.07, 6.45) is 2.41. The molecule has 1 nitrogen and oxygen atoms in total. The molecule has 0 saturated heterocycles. The first kappa shape index (κ1) is 9.46. The van der Waals surface area contributed by atoms with Gasteiger partial charge in [0, 0.05) is 10.9 Å². The molecule has 0 aromatic heterocycles. The summed E-state index contributed by atoms with van der Waals surface area (Å²) in [6.45, 7) is 2.06. The summed E-state index contributed by atoms with van der Waals surface area (Å²) in [5.41, 5.74) is 2.48. The van der Waals surface area contributed by atoms with E-state index in [1.165, 1.54) is 11.1 Å². The minimum Gasteiger partial charge on any atom is -0.303 e. The number of hydrogen-bond acceptors (Lipinski definition) is 1. The third kappa shape index (κ3) is 2.18. The zero-order chi connectivity index (χ0) is 8.97. The van der Waals surface area contributed by atoms with Crippen LogP contribution in [0.2, 0.25) is 0 Å². The molecule has 2 heteroatoms. The normalized spacial score (nSPS) is 9.83. The highest BCUT2D eigenvalue weighted by Crippen LogP contribution is 2.19. The highest BCUT2D eigenvalue weighted by Gasteiger charge is 1.99. The first-order valence-electron chi connectivity index (χ1n) is 3.93. The zero-order valence-corrected chi connectivity index (χ0v) is 8.60. The van der Waals surface area contributed by atoms with Crippen LogP contribution in [-0.4, -0.2) is 6.29 Å². The molecule has 64 valence electrons. The Morgan fingerprint density at radius 3 is 2.92 bits per heavy atom. The maximum atomic E-state index is 10.2. The largest absolute Gasteiger partial charge is 0.303 e. The van der Waals surface area contributed by atoms with E-state index in [0.717, 1.165) is 17.2 Å². The minimum absolute atomic E-state index is 0.608. The minimum atomic E-state index is 0.608. The molecule has 0 amide bonds. The first-order valence-corrected chi connectivity index (χ1v) is 4.72. The van der Waals surface area contributed by atoms with E-state index in [1.54, 1.807) is 0 Å².